The molecule has 0 bridgehead atoms. The van der Waals surface area contributed by atoms with E-state index in [-0.39, 0.29) is 0 Å². The van der Waals surface area contributed by atoms with Crippen LogP contribution in [0.4, 0.5) is 0 Å². The van der Waals surface area contributed by atoms with Crippen molar-refractivity contribution in [1.82, 2.24) is 10.2 Å². The minimum absolute atomic E-state index is 0.339. The maximum atomic E-state index is 10.2. The molecule has 0 radical (unpaired) electrons. The van der Waals surface area contributed by atoms with Crippen molar-refractivity contribution in [3.63, 3.8) is 0 Å². The van der Waals surface area contributed by atoms with Crippen LogP contribution >= 0.6 is 15.9 Å². The summed E-state index contributed by atoms with van der Waals surface area (Å²) < 4.78 is 6.90. The van der Waals surface area contributed by atoms with Crippen molar-refractivity contribution in [1.29, 1.82) is 0 Å². The lowest BCUT2D eigenvalue weighted by atomic mass is 10.0. The second-order valence-electron chi connectivity index (χ2n) is 5.85. The fourth-order valence-electron chi connectivity index (χ4n) is 2.53. The Labute approximate surface area is 135 Å². The summed E-state index contributed by atoms with van der Waals surface area (Å²) in [6.45, 7) is 9.28. The number of nitrogens with zero attached hydrogens (tertiary/aromatic N) is 1. The van der Waals surface area contributed by atoms with Gasteiger partial charge in [-0.3, -0.25) is 4.90 Å². The molecular formula is C16H25BrN2O2. The topological polar surface area (TPSA) is 44.7 Å². The predicted octanol–water partition coefficient (Wildman–Crippen LogP) is 2.22. The van der Waals surface area contributed by atoms with E-state index in [0.717, 1.165) is 36.4 Å². The van der Waals surface area contributed by atoms with Gasteiger partial charge in [0.25, 0.3) is 0 Å². The van der Waals surface area contributed by atoms with Crippen LogP contribution in [-0.4, -0.2) is 55.4 Å². The molecule has 1 fully saturated rings. The third-order valence-corrected chi connectivity index (χ3v) is 4.20. The highest BCUT2D eigenvalue weighted by molar-refractivity contribution is 9.10. The van der Waals surface area contributed by atoms with Crippen molar-refractivity contribution in [2.24, 2.45) is 0 Å². The van der Waals surface area contributed by atoms with Crippen LogP contribution in [0.5, 0.6) is 5.75 Å². The molecule has 0 aromatic heterocycles. The van der Waals surface area contributed by atoms with E-state index in [2.05, 4.69) is 46.1 Å². The second kappa shape index (κ2) is 8.13. The average molecular weight is 357 g/mol. The SMILES string of the molecule is CC(C)c1cc(Br)ccc1OCC(O)CN1CCNCC1. The lowest BCUT2D eigenvalue weighted by Gasteiger charge is -2.29. The second-order valence-corrected chi connectivity index (χ2v) is 6.77. The number of hydrogen-bond donors (Lipinski definition) is 2. The first-order valence-corrected chi connectivity index (χ1v) is 8.39. The van der Waals surface area contributed by atoms with Crippen molar-refractivity contribution in [2.45, 2.75) is 25.9 Å². The Morgan fingerprint density at radius 3 is 2.71 bits per heavy atom. The Hall–Kier alpha value is -0.620. The van der Waals surface area contributed by atoms with E-state index in [0.29, 0.717) is 19.1 Å². The van der Waals surface area contributed by atoms with Crippen LogP contribution in [0.1, 0.15) is 25.3 Å². The van der Waals surface area contributed by atoms with Gasteiger partial charge in [-0.25, -0.2) is 0 Å². The maximum absolute atomic E-state index is 10.2. The Morgan fingerprint density at radius 2 is 2.05 bits per heavy atom. The van der Waals surface area contributed by atoms with Gasteiger partial charge in [0.2, 0.25) is 0 Å². The van der Waals surface area contributed by atoms with Crippen molar-refractivity contribution in [3.8, 4) is 5.75 Å². The van der Waals surface area contributed by atoms with Crippen LogP contribution < -0.4 is 10.1 Å². The smallest absolute Gasteiger partial charge is 0.122 e. The van der Waals surface area contributed by atoms with E-state index in [1.165, 1.54) is 5.56 Å². The van der Waals surface area contributed by atoms with E-state index in [9.17, 15) is 5.11 Å². The van der Waals surface area contributed by atoms with E-state index in [1.54, 1.807) is 0 Å². The first-order valence-electron chi connectivity index (χ1n) is 7.59. The summed E-state index contributed by atoms with van der Waals surface area (Å²) in [4.78, 5) is 2.27. The Morgan fingerprint density at radius 1 is 1.33 bits per heavy atom. The molecule has 1 saturated heterocycles. The van der Waals surface area contributed by atoms with E-state index >= 15 is 0 Å². The number of rotatable bonds is 6. The predicted molar refractivity (Wildman–Crippen MR) is 89.0 cm³/mol. The molecule has 1 heterocycles. The molecule has 0 amide bonds. The molecule has 1 aliphatic heterocycles. The first kappa shape index (κ1) is 16.7. The lowest BCUT2D eigenvalue weighted by molar-refractivity contribution is 0.0637. The number of benzene rings is 1. The third-order valence-electron chi connectivity index (χ3n) is 3.70. The van der Waals surface area contributed by atoms with Gasteiger partial charge < -0.3 is 15.2 Å². The first-order chi connectivity index (χ1) is 10.1. The number of aliphatic hydroxyl groups excluding tert-OH is 1. The highest BCUT2D eigenvalue weighted by atomic mass is 79.9. The molecule has 2 rings (SSSR count). The van der Waals surface area contributed by atoms with Gasteiger partial charge in [0, 0.05) is 37.2 Å². The number of nitrogens with one attached hydrogen (secondary N) is 1. The third kappa shape index (κ3) is 5.25. The molecule has 0 spiro atoms. The van der Waals surface area contributed by atoms with Gasteiger partial charge in [-0.1, -0.05) is 29.8 Å². The Bertz CT molecular complexity index is 448. The van der Waals surface area contributed by atoms with Crippen LogP contribution in [0, 0.1) is 0 Å². The Balaban J connectivity index is 1.87. The van der Waals surface area contributed by atoms with Crippen molar-refractivity contribution in [3.05, 3.63) is 28.2 Å². The molecule has 1 atom stereocenters. The number of β-amino-alcohol motifs (C(OH)–C–C–N with tert-alkyl or cyclic N) is 1. The van der Waals surface area contributed by atoms with Gasteiger partial charge in [-0.05, 0) is 29.7 Å². The molecule has 1 aromatic carbocycles. The zero-order valence-electron chi connectivity index (χ0n) is 12.8. The van der Waals surface area contributed by atoms with Gasteiger partial charge in [0.1, 0.15) is 18.5 Å². The highest BCUT2D eigenvalue weighted by Crippen LogP contribution is 2.29. The molecule has 0 aliphatic carbocycles. The van der Waals surface area contributed by atoms with Gasteiger partial charge in [0.15, 0.2) is 0 Å². The number of halogens is 1. The summed E-state index contributed by atoms with van der Waals surface area (Å²) in [7, 11) is 0. The van der Waals surface area contributed by atoms with Gasteiger partial charge in [-0.15, -0.1) is 0 Å². The molecule has 4 nitrogen and oxygen atoms in total. The van der Waals surface area contributed by atoms with Gasteiger partial charge in [-0.2, -0.15) is 0 Å². The van der Waals surface area contributed by atoms with Gasteiger partial charge >= 0.3 is 0 Å². The summed E-state index contributed by atoms with van der Waals surface area (Å²) in [5.41, 5.74) is 1.17. The molecule has 0 saturated carbocycles. The van der Waals surface area contributed by atoms with E-state index in [1.807, 2.05) is 12.1 Å². The monoisotopic (exact) mass is 356 g/mol. The van der Waals surface area contributed by atoms with Crippen molar-refractivity contribution in [2.75, 3.05) is 39.3 Å². The quantitative estimate of drug-likeness (QED) is 0.820. The minimum Gasteiger partial charge on any atom is -0.491 e. The van der Waals surface area contributed by atoms with Crippen LogP contribution in [0.3, 0.4) is 0 Å². The van der Waals surface area contributed by atoms with Gasteiger partial charge in [0.05, 0.1) is 0 Å². The number of piperazine rings is 1. The Kier molecular flexibility index (Phi) is 6.48. The zero-order valence-corrected chi connectivity index (χ0v) is 14.4. The lowest BCUT2D eigenvalue weighted by Crippen LogP contribution is -2.47. The maximum Gasteiger partial charge on any atom is 0.122 e. The highest BCUT2D eigenvalue weighted by Gasteiger charge is 2.16. The fraction of sp³-hybridized carbons (Fsp3) is 0.625. The molecule has 1 unspecified atom stereocenters. The van der Waals surface area contributed by atoms with Crippen LogP contribution in [-0.2, 0) is 0 Å². The molecular weight excluding hydrogens is 332 g/mol. The molecule has 21 heavy (non-hydrogen) atoms. The van der Waals surface area contributed by atoms with E-state index in [4.69, 9.17) is 4.74 Å². The molecule has 1 aromatic rings. The van der Waals surface area contributed by atoms with Crippen molar-refractivity contribution >= 4 is 15.9 Å². The zero-order chi connectivity index (χ0) is 15.2. The molecule has 2 N–H and O–H groups in total. The van der Waals surface area contributed by atoms with Crippen molar-refractivity contribution < 1.29 is 9.84 Å². The van der Waals surface area contributed by atoms with Crippen LogP contribution in [0.15, 0.2) is 22.7 Å². The summed E-state index contributed by atoms with van der Waals surface area (Å²) in [5, 5.41) is 13.5. The molecule has 118 valence electrons. The van der Waals surface area contributed by atoms with Crippen LogP contribution in [0.2, 0.25) is 0 Å². The number of hydrogen-bond acceptors (Lipinski definition) is 4. The number of aliphatic hydroxyl groups is 1. The molecule has 5 heteroatoms. The summed E-state index contributed by atoms with van der Waals surface area (Å²) in [6.07, 6.45) is -0.452. The average Bonchev–Trinajstić information content (AvgIpc) is 2.47. The van der Waals surface area contributed by atoms with E-state index < -0.39 is 6.10 Å². The molecule has 1 aliphatic rings. The normalized spacial score (nSPS) is 18.0. The van der Waals surface area contributed by atoms with Crippen LogP contribution in [0.25, 0.3) is 0 Å². The number of ether oxygens (including phenoxy) is 1. The summed E-state index contributed by atoms with van der Waals surface area (Å²) in [6, 6.07) is 6.03. The summed E-state index contributed by atoms with van der Waals surface area (Å²) in [5.74, 6) is 1.26. The standard InChI is InChI=1S/C16H25BrN2O2/c1-12(2)15-9-13(17)3-4-16(15)21-11-14(20)10-19-7-5-18-6-8-19/h3-4,9,12,14,18,20H,5-8,10-11H2,1-2H3. The largest absolute Gasteiger partial charge is 0.491 e. The minimum atomic E-state index is -0.452. The summed E-state index contributed by atoms with van der Waals surface area (Å²) >= 11 is 3.49. The fourth-order valence-corrected chi connectivity index (χ4v) is 2.91.